The van der Waals surface area contributed by atoms with E-state index in [2.05, 4.69) is 14.7 Å². The van der Waals surface area contributed by atoms with Crippen molar-refractivity contribution in [3.05, 3.63) is 48.3 Å². The Morgan fingerprint density at radius 2 is 2.08 bits per heavy atom. The molecule has 0 spiro atoms. The van der Waals surface area contributed by atoms with E-state index in [9.17, 15) is 18.0 Å². The third-order valence-corrected chi connectivity index (χ3v) is 4.32. The Labute approximate surface area is 144 Å². The summed E-state index contributed by atoms with van der Waals surface area (Å²) in [6.45, 7) is -0.197. The molecule has 0 radical (unpaired) electrons. The van der Waals surface area contributed by atoms with Gasteiger partial charge in [0.15, 0.2) is 5.78 Å². The molecular formula is C16H12F3N3O2S. The number of nitrogens with one attached hydrogen (secondary N) is 1. The zero-order valence-electron chi connectivity index (χ0n) is 12.6. The summed E-state index contributed by atoms with van der Waals surface area (Å²) in [6.07, 6.45) is -3.20. The number of ketones is 1. The number of alkyl halides is 3. The van der Waals surface area contributed by atoms with Crippen molar-refractivity contribution in [1.29, 1.82) is 0 Å². The maximum atomic E-state index is 12.4. The number of ether oxygens (including phenoxy) is 1. The lowest BCUT2D eigenvalue weighted by Crippen LogP contribution is -2.17. The van der Waals surface area contributed by atoms with Crippen molar-refractivity contribution in [2.45, 2.75) is 16.2 Å². The molecule has 0 saturated carbocycles. The zero-order valence-corrected chi connectivity index (χ0v) is 13.4. The Morgan fingerprint density at radius 3 is 2.80 bits per heavy atom. The van der Waals surface area contributed by atoms with Gasteiger partial charge in [-0.15, -0.1) is 13.2 Å². The van der Waals surface area contributed by atoms with Crippen LogP contribution in [0.2, 0.25) is 0 Å². The number of aromatic nitrogens is 2. The van der Waals surface area contributed by atoms with E-state index >= 15 is 0 Å². The second kappa shape index (κ2) is 6.77. The van der Waals surface area contributed by atoms with Crippen LogP contribution in [0.5, 0.6) is 5.75 Å². The number of fused-ring (bicyclic) bond motifs is 1. The van der Waals surface area contributed by atoms with Crippen LogP contribution in [-0.2, 0) is 0 Å². The minimum atomic E-state index is -4.77. The van der Waals surface area contributed by atoms with E-state index < -0.39 is 6.36 Å². The van der Waals surface area contributed by atoms with E-state index in [0.717, 1.165) is 11.8 Å². The molecule has 2 aromatic heterocycles. The van der Waals surface area contributed by atoms with Crippen LogP contribution in [-0.4, -0.2) is 28.7 Å². The van der Waals surface area contributed by atoms with Gasteiger partial charge in [-0.05, 0) is 30.3 Å². The number of aromatic amines is 1. The summed E-state index contributed by atoms with van der Waals surface area (Å²) in [5, 5.41) is 0. The Hall–Kier alpha value is -2.52. The van der Waals surface area contributed by atoms with Crippen LogP contribution < -0.4 is 10.5 Å². The third-order valence-electron chi connectivity index (χ3n) is 3.23. The van der Waals surface area contributed by atoms with Crippen molar-refractivity contribution in [3.63, 3.8) is 0 Å². The van der Waals surface area contributed by atoms with Gasteiger partial charge in [-0.1, -0.05) is 17.8 Å². The van der Waals surface area contributed by atoms with Gasteiger partial charge in [-0.2, -0.15) is 0 Å². The topological polar surface area (TPSA) is 81.0 Å². The summed E-state index contributed by atoms with van der Waals surface area (Å²) in [6, 6.07) is 8.97. The number of hydrogen-bond acceptors (Lipinski definition) is 5. The quantitative estimate of drug-likeness (QED) is 0.671. The normalized spacial score (nSPS) is 11.7. The Balaban J connectivity index is 2.00. The summed E-state index contributed by atoms with van der Waals surface area (Å²) in [4.78, 5) is 20.3. The van der Waals surface area contributed by atoms with E-state index in [1.165, 1.54) is 18.2 Å². The molecule has 130 valence electrons. The van der Waals surface area contributed by atoms with Crippen LogP contribution >= 0.6 is 11.8 Å². The molecule has 0 aliphatic rings. The second-order valence-electron chi connectivity index (χ2n) is 4.98. The van der Waals surface area contributed by atoms with Gasteiger partial charge in [0.2, 0.25) is 0 Å². The van der Waals surface area contributed by atoms with Crippen LogP contribution in [0.4, 0.5) is 13.2 Å². The molecule has 3 rings (SSSR count). The first kappa shape index (κ1) is 17.3. The summed E-state index contributed by atoms with van der Waals surface area (Å²) >= 11 is 1.12. The number of pyridine rings is 1. The lowest BCUT2D eigenvalue weighted by Gasteiger charge is -2.10. The number of halogens is 3. The monoisotopic (exact) mass is 367 g/mol. The molecule has 2 heterocycles. The molecule has 0 fully saturated rings. The Morgan fingerprint density at radius 1 is 1.28 bits per heavy atom. The summed E-state index contributed by atoms with van der Waals surface area (Å²) in [7, 11) is 0. The second-order valence-corrected chi connectivity index (χ2v) is 6.06. The molecule has 5 nitrogen and oxygen atoms in total. The van der Waals surface area contributed by atoms with Gasteiger partial charge in [0.05, 0.1) is 17.0 Å². The van der Waals surface area contributed by atoms with Crippen molar-refractivity contribution in [3.8, 4) is 5.75 Å². The zero-order chi connectivity index (χ0) is 18.0. The molecule has 0 saturated heterocycles. The molecule has 0 amide bonds. The minimum absolute atomic E-state index is 0.197. The van der Waals surface area contributed by atoms with Crippen molar-refractivity contribution >= 4 is 28.6 Å². The van der Waals surface area contributed by atoms with E-state index in [1.807, 2.05) is 0 Å². The molecule has 0 aliphatic carbocycles. The number of nitrogens with zero attached hydrogens (tertiary/aromatic N) is 1. The van der Waals surface area contributed by atoms with Gasteiger partial charge in [0.25, 0.3) is 0 Å². The molecule has 0 bridgehead atoms. The van der Waals surface area contributed by atoms with Crippen molar-refractivity contribution < 1.29 is 22.7 Å². The predicted molar refractivity (Wildman–Crippen MR) is 86.7 cm³/mol. The number of carbonyl (C=O) groups excluding carboxylic acids is 1. The molecule has 0 unspecified atom stereocenters. The average Bonchev–Trinajstić information content (AvgIpc) is 2.92. The highest BCUT2D eigenvalue weighted by Gasteiger charge is 2.31. The number of Topliss-reactive ketones (excluding diaryl/α,β-unsaturated/α-hetero) is 1. The Kier molecular flexibility index (Phi) is 4.69. The SMILES string of the molecule is NCC(=O)c1[nH]c2cccnc2c1Sc1cccc(OC(F)(F)F)c1. The highest BCUT2D eigenvalue weighted by Crippen LogP contribution is 2.37. The Bertz CT molecular complexity index is 924. The van der Waals surface area contributed by atoms with Gasteiger partial charge >= 0.3 is 6.36 Å². The molecular weight excluding hydrogens is 355 g/mol. The van der Waals surface area contributed by atoms with E-state index in [-0.39, 0.29) is 23.8 Å². The maximum Gasteiger partial charge on any atom is 0.573 e. The highest BCUT2D eigenvalue weighted by atomic mass is 32.2. The largest absolute Gasteiger partial charge is 0.573 e. The number of hydrogen-bond donors (Lipinski definition) is 2. The summed E-state index contributed by atoms with van der Waals surface area (Å²) in [5.41, 5.74) is 6.91. The standard InChI is InChI=1S/C16H12F3N3O2S/c17-16(18,19)24-9-3-1-4-10(7-9)25-15-13-11(5-2-6-21-13)22-14(15)12(23)8-20/h1-7,22H,8,20H2. The first-order valence-corrected chi connectivity index (χ1v) is 7.92. The van der Waals surface area contributed by atoms with Crippen molar-refractivity contribution in [2.75, 3.05) is 6.54 Å². The van der Waals surface area contributed by atoms with Crippen molar-refractivity contribution in [1.82, 2.24) is 9.97 Å². The molecule has 0 aliphatic heterocycles. The minimum Gasteiger partial charge on any atom is -0.406 e. The van der Waals surface area contributed by atoms with Crippen LogP contribution in [0.1, 0.15) is 10.5 Å². The van der Waals surface area contributed by atoms with Crippen LogP contribution in [0.3, 0.4) is 0 Å². The van der Waals surface area contributed by atoms with Gasteiger partial charge in [-0.25, -0.2) is 0 Å². The van der Waals surface area contributed by atoms with Crippen LogP contribution in [0.15, 0.2) is 52.4 Å². The fourth-order valence-corrected chi connectivity index (χ4v) is 3.33. The fourth-order valence-electron chi connectivity index (χ4n) is 2.25. The molecule has 25 heavy (non-hydrogen) atoms. The molecule has 3 N–H and O–H groups in total. The molecule has 3 aromatic rings. The summed E-state index contributed by atoms with van der Waals surface area (Å²) < 4.78 is 41.0. The van der Waals surface area contributed by atoms with E-state index in [0.29, 0.717) is 20.8 Å². The number of carbonyl (C=O) groups is 1. The molecule has 0 atom stereocenters. The predicted octanol–water partition coefficient (Wildman–Crippen LogP) is 3.75. The lowest BCUT2D eigenvalue weighted by atomic mass is 10.3. The van der Waals surface area contributed by atoms with Crippen molar-refractivity contribution in [2.24, 2.45) is 5.73 Å². The average molecular weight is 367 g/mol. The van der Waals surface area contributed by atoms with Gasteiger partial charge in [-0.3, -0.25) is 9.78 Å². The number of rotatable bonds is 5. The first-order valence-electron chi connectivity index (χ1n) is 7.11. The van der Waals surface area contributed by atoms with Gasteiger partial charge < -0.3 is 15.5 Å². The lowest BCUT2D eigenvalue weighted by molar-refractivity contribution is -0.274. The third kappa shape index (κ3) is 3.94. The highest BCUT2D eigenvalue weighted by molar-refractivity contribution is 7.99. The van der Waals surface area contributed by atoms with Crippen LogP contribution in [0.25, 0.3) is 11.0 Å². The van der Waals surface area contributed by atoms with E-state index in [1.54, 1.807) is 24.4 Å². The number of nitrogens with two attached hydrogens (primary N) is 1. The van der Waals surface area contributed by atoms with Gasteiger partial charge in [0.1, 0.15) is 17.0 Å². The first-order chi connectivity index (χ1) is 11.9. The van der Waals surface area contributed by atoms with Crippen LogP contribution in [0, 0.1) is 0 Å². The fraction of sp³-hybridized carbons (Fsp3) is 0.125. The molecule has 1 aromatic carbocycles. The molecule has 9 heteroatoms. The smallest absolute Gasteiger partial charge is 0.406 e. The number of H-pyrrole nitrogens is 1. The van der Waals surface area contributed by atoms with Gasteiger partial charge in [0, 0.05) is 11.1 Å². The van der Waals surface area contributed by atoms with E-state index in [4.69, 9.17) is 5.73 Å². The number of benzene rings is 1. The summed E-state index contributed by atoms with van der Waals surface area (Å²) in [5.74, 6) is -0.653. The maximum absolute atomic E-state index is 12.4.